The molecule has 0 aliphatic rings. The highest BCUT2D eigenvalue weighted by Crippen LogP contribution is 2.22. The maximum absolute atomic E-state index is 11.2. The molecular weight excluding hydrogens is 368 g/mol. The van der Waals surface area contributed by atoms with Crippen molar-refractivity contribution in [3.05, 3.63) is 52.8 Å². The highest BCUT2D eigenvalue weighted by molar-refractivity contribution is 5.75. The predicted octanol–water partition coefficient (Wildman–Crippen LogP) is 2.49. The second kappa shape index (κ2) is 7.42. The smallest absolute Gasteiger partial charge is 0.206 e. The number of nitrogens with one attached hydrogen (secondary N) is 1. The fourth-order valence-electron chi connectivity index (χ4n) is 3.20. The van der Waals surface area contributed by atoms with Crippen LogP contribution in [0.1, 0.15) is 29.2 Å². The third-order valence-electron chi connectivity index (χ3n) is 4.90. The lowest BCUT2D eigenvalue weighted by molar-refractivity contribution is -0.117. The molecule has 0 bridgehead atoms. The quantitative estimate of drug-likeness (QED) is 0.542. The number of hydrogen-bond acceptors (Lipinski definition) is 6. The number of tetrazole rings is 1. The van der Waals surface area contributed by atoms with Crippen LogP contribution in [-0.4, -0.2) is 46.0 Å². The number of carbonyl (C=O) groups excluding carboxylic acids is 1. The second-order valence-corrected chi connectivity index (χ2v) is 7.30. The van der Waals surface area contributed by atoms with E-state index in [4.69, 9.17) is 0 Å². The van der Waals surface area contributed by atoms with Crippen molar-refractivity contribution in [1.82, 2.24) is 40.2 Å². The third-order valence-corrected chi connectivity index (χ3v) is 4.90. The largest absolute Gasteiger partial charge is 0.359 e. The van der Waals surface area contributed by atoms with Gasteiger partial charge in [0.2, 0.25) is 5.82 Å². The van der Waals surface area contributed by atoms with Crippen LogP contribution in [0.3, 0.4) is 0 Å². The van der Waals surface area contributed by atoms with Gasteiger partial charge in [-0.2, -0.15) is 4.80 Å². The van der Waals surface area contributed by atoms with E-state index in [0.717, 1.165) is 17.0 Å². The van der Waals surface area contributed by atoms with Crippen molar-refractivity contribution < 1.29 is 4.79 Å². The van der Waals surface area contributed by atoms with E-state index in [-0.39, 0.29) is 12.3 Å². The van der Waals surface area contributed by atoms with E-state index in [0.29, 0.717) is 12.4 Å². The van der Waals surface area contributed by atoms with Crippen molar-refractivity contribution in [3.8, 4) is 22.8 Å². The Hall–Kier alpha value is -3.62. The Morgan fingerprint density at radius 2 is 1.83 bits per heavy atom. The SMILES string of the molecule is CC(=O)Cn1nnc(-c2c[nH]c(-c3cn(Cc4cc(C)c(C)c(C)c4)nn3)c2)n1. The van der Waals surface area contributed by atoms with Crippen LogP contribution >= 0.6 is 0 Å². The average molecular weight is 390 g/mol. The fraction of sp³-hybridized carbons (Fsp3) is 0.300. The van der Waals surface area contributed by atoms with Gasteiger partial charge < -0.3 is 4.98 Å². The monoisotopic (exact) mass is 390 g/mol. The Morgan fingerprint density at radius 3 is 2.55 bits per heavy atom. The number of aromatic amines is 1. The molecule has 9 heteroatoms. The number of ketones is 1. The van der Waals surface area contributed by atoms with E-state index in [9.17, 15) is 4.79 Å². The number of aryl methyl sites for hydroxylation is 2. The molecule has 9 nitrogen and oxygen atoms in total. The van der Waals surface area contributed by atoms with Gasteiger partial charge in [-0.05, 0) is 61.2 Å². The molecule has 0 atom stereocenters. The zero-order valence-electron chi connectivity index (χ0n) is 16.8. The lowest BCUT2D eigenvalue weighted by Gasteiger charge is -2.08. The van der Waals surface area contributed by atoms with Crippen LogP contribution in [0.25, 0.3) is 22.8 Å². The molecule has 4 aromatic rings. The molecule has 29 heavy (non-hydrogen) atoms. The van der Waals surface area contributed by atoms with Crippen LogP contribution in [0.15, 0.2) is 30.6 Å². The summed E-state index contributed by atoms with van der Waals surface area (Å²) in [6.07, 6.45) is 3.69. The van der Waals surface area contributed by atoms with E-state index in [2.05, 4.69) is 63.6 Å². The van der Waals surface area contributed by atoms with Gasteiger partial charge in [0.25, 0.3) is 0 Å². The number of H-pyrrole nitrogens is 1. The van der Waals surface area contributed by atoms with Gasteiger partial charge in [0.1, 0.15) is 12.2 Å². The molecule has 0 spiro atoms. The fourth-order valence-corrected chi connectivity index (χ4v) is 3.20. The van der Waals surface area contributed by atoms with Crippen LogP contribution in [0.5, 0.6) is 0 Å². The number of benzene rings is 1. The number of aromatic nitrogens is 8. The van der Waals surface area contributed by atoms with Gasteiger partial charge in [0.15, 0.2) is 5.78 Å². The number of hydrogen-bond donors (Lipinski definition) is 1. The van der Waals surface area contributed by atoms with E-state index in [1.807, 2.05) is 16.9 Å². The molecular formula is C20H22N8O. The first-order chi connectivity index (χ1) is 13.9. The van der Waals surface area contributed by atoms with Crippen molar-refractivity contribution in [2.45, 2.75) is 40.8 Å². The Bertz CT molecular complexity index is 1160. The summed E-state index contributed by atoms with van der Waals surface area (Å²) in [5.74, 6) is 0.422. The summed E-state index contributed by atoms with van der Waals surface area (Å²) in [7, 11) is 0. The summed E-state index contributed by atoms with van der Waals surface area (Å²) in [5, 5.41) is 20.6. The lowest BCUT2D eigenvalue weighted by Crippen LogP contribution is -2.09. The molecule has 4 rings (SSSR count). The molecule has 0 unspecified atom stereocenters. The van der Waals surface area contributed by atoms with Gasteiger partial charge in [-0.3, -0.25) is 4.79 Å². The molecule has 0 fully saturated rings. The van der Waals surface area contributed by atoms with Crippen LogP contribution < -0.4 is 0 Å². The number of carbonyl (C=O) groups is 1. The first-order valence-electron chi connectivity index (χ1n) is 9.32. The number of rotatable bonds is 6. The Kier molecular flexibility index (Phi) is 4.79. The Labute approximate surface area is 167 Å². The highest BCUT2D eigenvalue weighted by Gasteiger charge is 2.12. The van der Waals surface area contributed by atoms with Crippen molar-refractivity contribution in [1.29, 1.82) is 0 Å². The minimum Gasteiger partial charge on any atom is -0.359 e. The van der Waals surface area contributed by atoms with Crippen LogP contribution in [0.2, 0.25) is 0 Å². The Balaban J connectivity index is 1.52. The molecule has 0 amide bonds. The van der Waals surface area contributed by atoms with E-state index < -0.39 is 0 Å². The maximum atomic E-state index is 11.2. The van der Waals surface area contributed by atoms with Crippen LogP contribution in [0.4, 0.5) is 0 Å². The number of nitrogens with zero attached hydrogens (tertiary/aromatic N) is 7. The van der Waals surface area contributed by atoms with E-state index in [1.54, 1.807) is 6.20 Å². The molecule has 0 aliphatic carbocycles. The van der Waals surface area contributed by atoms with E-state index in [1.165, 1.54) is 34.0 Å². The third kappa shape index (κ3) is 3.98. The topological polar surface area (TPSA) is 107 Å². The van der Waals surface area contributed by atoms with Gasteiger partial charge in [-0.15, -0.1) is 15.3 Å². The second-order valence-electron chi connectivity index (χ2n) is 7.30. The minimum atomic E-state index is -0.0284. The summed E-state index contributed by atoms with van der Waals surface area (Å²) in [6.45, 7) is 8.64. The van der Waals surface area contributed by atoms with Gasteiger partial charge in [-0.1, -0.05) is 17.3 Å². The summed E-state index contributed by atoms with van der Waals surface area (Å²) >= 11 is 0. The molecule has 0 saturated heterocycles. The zero-order valence-corrected chi connectivity index (χ0v) is 16.8. The molecule has 0 saturated carbocycles. The van der Waals surface area contributed by atoms with Gasteiger partial charge in [0.05, 0.1) is 18.4 Å². The van der Waals surface area contributed by atoms with E-state index >= 15 is 0 Å². The van der Waals surface area contributed by atoms with Crippen LogP contribution in [0, 0.1) is 20.8 Å². The molecule has 3 aromatic heterocycles. The maximum Gasteiger partial charge on any atom is 0.206 e. The average Bonchev–Trinajstić information content (AvgIpc) is 3.39. The first-order valence-corrected chi connectivity index (χ1v) is 9.32. The zero-order chi connectivity index (χ0) is 20.5. The normalized spacial score (nSPS) is 11.2. The molecule has 148 valence electrons. The summed E-state index contributed by atoms with van der Waals surface area (Å²) in [6, 6.07) is 6.27. The van der Waals surface area contributed by atoms with Crippen molar-refractivity contribution in [2.75, 3.05) is 0 Å². The molecule has 1 N–H and O–H groups in total. The molecule has 0 aliphatic heterocycles. The first kappa shape index (κ1) is 18.7. The predicted molar refractivity (Wildman–Crippen MR) is 107 cm³/mol. The standard InChI is InChI=1S/C20H22N8O/c1-12-5-16(6-13(2)15(12)4)10-27-11-19(22-25-27)18-7-17(8-21-18)20-23-26-28(24-20)9-14(3)29/h5-8,11,21H,9-10H2,1-4H3. The van der Waals surface area contributed by atoms with Crippen molar-refractivity contribution in [3.63, 3.8) is 0 Å². The van der Waals surface area contributed by atoms with Crippen LogP contribution in [-0.2, 0) is 17.9 Å². The molecule has 0 radical (unpaired) electrons. The summed E-state index contributed by atoms with van der Waals surface area (Å²) in [5.41, 5.74) is 7.38. The highest BCUT2D eigenvalue weighted by atomic mass is 16.1. The summed E-state index contributed by atoms with van der Waals surface area (Å²) < 4.78 is 1.82. The molecule has 3 heterocycles. The lowest BCUT2D eigenvalue weighted by atomic mass is 10.0. The van der Waals surface area contributed by atoms with Crippen molar-refractivity contribution in [2.24, 2.45) is 0 Å². The van der Waals surface area contributed by atoms with Gasteiger partial charge in [-0.25, -0.2) is 4.68 Å². The van der Waals surface area contributed by atoms with Gasteiger partial charge in [0, 0.05) is 11.8 Å². The molecule has 1 aromatic carbocycles. The summed E-state index contributed by atoms with van der Waals surface area (Å²) in [4.78, 5) is 15.6. The van der Waals surface area contributed by atoms with Gasteiger partial charge >= 0.3 is 0 Å². The minimum absolute atomic E-state index is 0.0284. The Morgan fingerprint density at radius 1 is 1.07 bits per heavy atom. The van der Waals surface area contributed by atoms with Crippen molar-refractivity contribution >= 4 is 5.78 Å². The number of Topliss-reactive ketones (excluding diaryl/α,β-unsaturated/α-hetero) is 1.